The number of ketones is 1. The highest BCUT2D eigenvalue weighted by molar-refractivity contribution is 5.97. The van der Waals surface area contributed by atoms with Gasteiger partial charge in [-0.3, -0.25) is 4.79 Å². The molecule has 3 heteroatoms. The Kier molecular flexibility index (Phi) is 5.84. The zero-order valence-corrected chi connectivity index (χ0v) is 10.4. The Balaban J connectivity index is 2.29. The molecule has 0 aliphatic carbocycles. The molecule has 0 aliphatic rings. The third-order valence-electron chi connectivity index (χ3n) is 2.48. The maximum atomic E-state index is 13.2. The summed E-state index contributed by atoms with van der Waals surface area (Å²) in [6.45, 7) is 4.80. The fourth-order valence-corrected chi connectivity index (χ4v) is 1.52. The number of Topliss-reactive ketones (excluding diaryl/α,β-unsaturated/α-hetero) is 1. The minimum absolute atomic E-state index is 0.0426. The van der Waals surface area contributed by atoms with Gasteiger partial charge in [0.15, 0.2) is 5.78 Å². The van der Waals surface area contributed by atoms with Crippen LogP contribution in [0, 0.1) is 11.7 Å². The molecule has 1 aromatic rings. The lowest BCUT2D eigenvalue weighted by atomic mass is 10.1. The van der Waals surface area contributed by atoms with E-state index in [0.717, 1.165) is 12.8 Å². The monoisotopic (exact) mass is 238 g/mol. The largest absolute Gasteiger partial charge is 0.373 e. The highest BCUT2D eigenvalue weighted by Crippen LogP contribution is 2.08. The Morgan fingerprint density at radius 2 is 2.06 bits per heavy atom. The Morgan fingerprint density at radius 3 is 2.71 bits per heavy atom. The Morgan fingerprint density at radius 1 is 1.35 bits per heavy atom. The van der Waals surface area contributed by atoms with Crippen LogP contribution in [-0.4, -0.2) is 19.0 Å². The van der Waals surface area contributed by atoms with Crippen LogP contribution in [0.4, 0.5) is 4.39 Å². The highest BCUT2D eigenvalue weighted by atomic mass is 19.1. The van der Waals surface area contributed by atoms with Crippen LogP contribution in [0.2, 0.25) is 0 Å². The summed E-state index contributed by atoms with van der Waals surface area (Å²) in [5.74, 6) is -0.142. The lowest BCUT2D eigenvalue weighted by Crippen LogP contribution is -2.11. The number of carbonyl (C=O) groups is 1. The standard InChI is InChI=1S/C14H19FO2/c1-11(2)6-5-9-17-10-14(16)12-7-3-4-8-13(12)15/h3-4,7-8,11H,5-6,9-10H2,1-2H3. The molecule has 0 bridgehead atoms. The number of hydrogen-bond acceptors (Lipinski definition) is 2. The lowest BCUT2D eigenvalue weighted by Gasteiger charge is -2.06. The molecule has 0 unspecified atom stereocenters. The molecule has 0 fully saturated rings. The van der Waals surface area contributed by atoms with Gasteiger partial charge in [0, 0.05) is 6.61 Å². The first-order chi connectivity index (χ1) is 8.11. The molecule has 0 aliphatic heterocycles. The molecule has 0 atom stereocenters. The van der Waals surface area contributed by atoms with E-state index in [1.165, 1.54) is 12.1 Å². The van der Waals surface area contributed by atoms with Crippen molar-refractivity contribution in [3.63, 3.8) is 0 Å². The number of rotatable bonds is 7. The molecular formula is C14H19FO2. The van der Waals surface area contributed by atoms with Crippen LogP contribution in [-0.2, 0) is 4.74 Å². The Bertz CT molecular complexity index is 361. The summed E-state index contributed by atoms with van der Waals surface area (Å²) in [6.07, 6.45) is 2.01. The summed E-state index contributed by atoms with van der Waals surface area (Å²) in [5.41, 5.74) is 0.108. The van der Waals surface area contributed by atoms with Crippen LogP contribution in [0.1, 0.15) is 37.0 Å². The van der Waals surface area contributed by atoms with Gasteiger partial charge in [-0.1, -0.05) is 26.0 Å². The molecule has 2 nitrogen and oxygen atoms in total. The summed E-state index contributed by atoms with van der Waals surface area (Å²) < 4.78 is 18.5. The van der Waals surface area contributed by atoms with E-state index in [-0.39, 0.29) is 18.0 Å². The first-order valence-corrected chi connectivity index (χ1v) is 5.96. The molecule has 0 amide bonds. The zero-order chi connectivity index (χ0) is 12.7. The van der Waals surface area contributed by atoms with Gasteiger partial charge in [-0.2, -0.15) is 0 Å². The molecule has 94 valence electrons. The van der Waals surface area contributed by atoms with Gasteiger partial charge in [0.1, 0.15) is 12.4 Å². The summed E-state index contributed by atoms with van der Waals surface area (Å²) in [7, 11) is 0. The van der Waals surface area contributed by atoms with Gasteiger partial charge in [0.25, 0.3) is 0 Å². The van der Waals surface area contributed by atoms with Crippen molar-refractivity contribution in [3.8, 4) is 0 Å². The quantitative estimate of drug-likeness (QED) is 0.537. The molecule has 17 heavy (non-hydrogen) atoms. The van der Waals surface area contributed by atoms with Crippen molar-refractivity contribution in [2.24, 2.45) is 5.92 Å². The zero-order valence-electron chi connectivity index (χ0n) is 10.4. The van der Waals surface area contributed by atoms with E-state index in [4.69, 9.17) is 4.74 Å². The van der Waals surface area contributed by atoms with Crippen LogP contribution in [0.25, 0.3) is 0 Å². The van der Waals surface area contributed by atoms with Crippen molar-refractivity contribution in [3.05, 3.63) is 35.6 Å². The predicted octanol–water partition coefficient (Wildman–Crippen LogP) is 3.46. The predicted molar refractivity (Wildman–Crippen MR) is 65.6 cm³/mol. The summed E-state index contributed by atoms with van der Waals surface area (Å²) in [4.78, 5) is 11.6. The van der Waals surface area contributed by atoms with Gasteiger partial charge in [-0.05, 0) is 30.9 Å². The van der Waals surface area contributed by atoms with Crippen molar-refractivity contribution in [1.29, 1.82) is 0 Å². The maximum absolute atomic E-state index is 13.2. The summed E-state index contributed by atoms with van der Waals surface area (Å²) >= 11 is 0. The van der Waals surface area contributed by atoms with Gasteiger partial charge in [-0.15, -0.1) is 0 Å². The first-order valence-electron chi connectivity index (χ1n) is 5.96. The second-order valence-corrected chi connectivity index (χ2v) is 4.49. The van der Waals surface area contributed by atoms with Crippen LogP contribution in [0.3, 0.4) is 0 Å². The Hall–Kier alpha value is -1.22. The number of ether oxygens (including phenoxy) is 1. The number of benzene rings is 1. The van der Waals surface area contributed by atoms with E-state index in [2.05, 4.69) is 13.8 Å². The molecule has 0 N–H and O–H groups in total. The van der Waals surface area contributed by atoms with Crippen molar-refractivity contribution in [1.82, 2.24) is 0 Å². The minimum Gasteiger partial charge on any atom is -0.373 e. The normalized spacial score (nSPS) is 10.8. The van der Waals surface area contributed by atoms with Crippen LogP contribution in [0.5, 0.6) is 0 Å². The van der Waals surface area contributed by atoms with Crippen molar-refractivity contribution in [2.75, 3.05) is 13.2 Å². The van der Waals surface area contributed by atoms with Crippen molar-refractivity contribution in [2.45, 2.75) is 26.7 Å². The lowest BCUT2D eigenvalue weighted by molar-refractivity contribution is 0.0745. The molecule has 0 spiro atoms. The fraction of sp³-hybridized carbons (Fsp3) is 0.500. The van der Waals surface area contributed by atoms with E-state index >= 15 is 0 Å². The molecule has 1 rings (SSSR count). The third kappa shape index (κ3) is 5.09. The van der Waals surface area contributed by atoms with Crippen LogP contribution in [0.15, 0.2) is 24.3 Å². The minimum atomic E-state index is -0.483. The van der Waals surface area contributed by atoms with E-state index in [0.29, 0.717) is 12.5 Å². The molecule has 0 saturated heterocycles. The first kappa shape index (κ1) is 13.8. The Labute approximate surface area is 102 Å². The van der Waals surface area contributed by atoms with Crippen molar-refractivity contribution >= 4 is 5.78 Å². The van der Waals surface area contributed by atoms with E-state index in [1.807, 2.05) is 0 Å². The topological polar surface area (TPSA) is 26.3 Å². The van der Waals surface area contributed by atoms with E-state index in [9.17, 15) is 9.18 Å². The van der Waals surface area contributed by atoms with Gasteiger partial charge in [0.2, 0.25) is 0 Å². The van der Waals surface area contributed by atoms with Crippen molar-refractivity contribution < 1.29 is 13.9 Å². The van der Waals surface area contributed by atoms with Gasteiger partial charge < -0.3 is 4.74 Å². The number of hydrogen-bond donors (Lipinski definition) is 0. The fourth-order valence-electron chi connectivity index (χ4n) is 1.52. The summed E-state index contributed by atoms with van der Waals surface area (Å²) in [6, 6.07) is 5.98. The molecule has 1 aromatic carbocycles. The smallest absolute Gasteiger partial charge is 0.191 e. The summed E-state index contributed by atoms with van der Waals surface area (Å²) in [5, 5.41) is 0. The van der Waals surface area contributed by atoms with Crippen LogP contribution < -0.4 is 0 Å². The van der Waals surface area contributed by atoms with E-state index in [1.54, 1.807) is 12.1 Å². The maximum Gasteiger partial charge on any atom is 0.191 e. The van der Waals surface area contributed by atoms with Gasteiger partial charge in [0.05, 0.1) is 5.56 Å². The second-order valence-electron chi connectivity index (χ2n) is 4.49. The third-order valence-corrected chi connectivity index (χ3v) is 2.48. The highest BCUT2D eigenvalue weighted by Gasteiger charge is 2.10. The molecule has 0 saturated carbocycles. The van der Waals surface area contributed by atoms with Gasteiger partial charge in [-0.25, -0.2) is 4.39 Å². The SMILES string of the molecule is CC(C)CCCOCC(=O)c1ccccc1F. The van der Waals surface area contributed by atoms with Gasteiger partial charge >= 0.3 is 0 Å². The molecule has 0 heterocycles. The number of carbonyl (C=O) groups excluding carboxylic acids is 1. The number of halogens is 1. The molecule has 0 aromatic heterocycles. The second kappa shape index (κ2) is 7.17. The average Bonchev–Trinajstić information content (AvgIpc) is 2.28. The molecule has 0 radical (unpaired) electrons. The molecular weight excluding hydrogens is 219 g/mol. The van der Waals surface area contributed by atoms with E-state index < -0.39 is 5.82 Å². The average molecular weight is 238 g/mol. The van der Waals surface area contributed by atoms with Crippen LogP contribution >= 0.6 is 0 Å².